The molecule has 0 amide bonds. The molecule has 1 saturated carbocycles. The maximum absolute atomic E-state index is 6.47. The van der Waals surface area contributed by atoms with Crippen LogP contribution in [0.2, 0.25) is 0 Å². The Bertz CT molecular complexity index is 425. The smallest absolute Gasteiger partial charge is 0.00785 e. The van der Waals surface area contributed by atoms with Gasteiger partial charge in [-0.1, -0.05) is 44.5 Å². The number of nitrogens with two attached hydrogens (primary N) is 1. The molecule has 0 saturated heterocycles. The van der Waals surface area contributed by atoms with Gasteiger partial charge in [-0.2, -0.15) is 0 Å². The molecule has 3 rings (SSSR count). The first-order valence-electron chi connectivity index (χ1n) is 7.55. The molecule has 1 fully saturated rings. The van der Waals surface area contributed by atoms with Crippen LogP contribution >= 0.6 is 0 Å². The zero-order valence-electron chi connectivity index (χ0n) is 11.6. The highest BCUT2D eigenvalue weighted by Crippen LogP contribution is 2.61. The van der Waals surface area contributed by atoms with Crippen molar-refractivity contribution >= 4 is 0 Å². The molecule has 0 aromatic heterocycles. The van der Waals surface area contributed by atoms with E-state index in [4.69, 9.17) is 5.73 Å². The van der Waals surface area contributed by atoms with Gasteiger partial charge in [-0.05, 0) is 54.1 Å². The van der Waals surface area contributed by atoms with Crippen LogP contribution in [0.5, 0.6) is 0 Å². The van der Waals surface area contributed by atoms with Crippen molar-refractivity contribution in [2.75, 3.05) is 0 Å². The fourth-order valence-electron chi connectivity index (χ4n) is 3.99. The summed E-state index contributed by atoms with van der Waals surface area (Å²) in [5, 5.41) is 0. The quantitative estimate of drug-likeness (QED) is 0.857. The molecule has 5 unspecified atom stereocenters. The van der Waals surface area contributed by atoms with Gasteiger partial charge >= 0.3 is 0 Å². The van der Waals surface area contributed by atoms with Gasteiger partial charge in [0, 0.05) is 6.04 Å². The fourth-order valence-corrected chi connectivity index (χ4v) is 3.99. The van der Waals surface area contributed by atoms with Gasteiger partial charge in [0.15, 0.2) is 0 Å². The van der Waals surface area contributed by atoms with E-state index in [0.29, 0.717) is 6.04 Å². The second kappa shape index (κ2) is 4.70. The summed E-state index contributed by atoms with van der Waals surface area (Å²) in [6, 6.07) is 9.43. The van der Waals surface area contributed by atoms with E-state index in [9.17, 15) is 0 Å². The Morgan fingerprint density at radius 2 is 2.11 bits per heavy atom. The Morgan fingerprint density at radius 3 is 2.89 bits per heavy atom. The van der Waals surface area contributed by atoms with Crippen LogP contribution in [0, 0.1) is 17.8 Å². The minimum Gasteiger partial charge on any atom is -0.327 e. The average Bonchev–Trinajstić information content (AvgIpc) is 3.13. The summed E-state index contributed by atoms with van der Waals surface area (Å²) in [5.74, 6) is 3.22. The maximum Gasteiger partial charge on any atom is 0.00785 e. The van der Waals surface area contributed by atoms with Gasteiger partial charge in [0.1, 0.15) is 0 Å². The van der Waals surface area contributed by atoms with Crippen LogP contribution in [-0.2, 0) is 6.42 Å². The molecule has 1 heteroatoms. The predicted molar refractivity (Wildman–Crippen MR) is 76.5 cm³/mol. The first-order valence-corrected chi connectivity index (χ1v) is 7.55. The Morgan fingerprint density at radius 1 is 1.33 bits per heavy atom. The molecule has 0 spiro atoms. The summed E-state index contributed by atoms with van der Waals surface area (Å²) in [4.78, 5) is 0. The van der Waals surface area contributed by atoms with Crippen molar-refractivity contribution in [1.29, 1.82) is 0 Å². The molecule has 1 aromatic carbocycles. The van der Waals surface area contributed by atoms with Crippen molar-refractivity contribution in [3.05, 3.63) is 35.4 Å². The summed E-state index contributed by atoms with van der Waals surface area (Å²) < 4.78 is 0. The molecule has 2 N–H and O–H groups in total. The lowest BCUT2D eigenvalue weighted by atomic mass is 9.92. The topological polar surface area (TPSA) is 26.0 Å². The largest absolute Gasteiger partial charge is 0.327 e. The lowest BCUT2D eigenvalue weighted by Crippen LogP contribution is -2.26. The third kappa shape index (κ3) is 1.99. The Balaban J connectivity index is 1.73. The van der Waals surface area contributed by atoms with Crippen molar-refractivity contribution in [2.45, 2.75) is 51.5 Å². The summed E-state index contributed by atoms with van der Waals surface area (Å²) in [6.07, 6.45) is 5.09. The van der Waals surface area contributed by atoms with Gasteiger partial charge in [0.05, 0.1) is 0 Å². The van der Waals surface area contributed by atoms with E-state index in [0.717, 1.165) is 23.7 Å². The van der Waals surface area contributed by atoms with Crippen molar-refractivity contribution in [3.8, 4) is 0 Å². The summed E-state index contributed by atoms with van der Waals surface area (Å²) >= 11 is 0. The van der Waals surface area contributed by atoms with E-state index in [1.54, 1.807) is 11.1 Å². The molecule has 5 atom stereocenters. The van der Waals surface area contributed by atoms with Crippen LogP contribution in [0.4, 0.5) is 0 Å². The SMILES string of the molecule is CCC(C)CC(N)C1C2CCc3ccccc3C21. The number of hydrogen-bond acceptors (Lipinski definition) is 1. The predicted octanol–water partition coefficient (Wildman–Crippen LogP) is 3.73. The highest BCUT2D eigenvalue weighted by Gasteiger charge is 2.55. The Hall–Kier alpha value is -0.820. The molecule has 98 valence electrons. The Labute approximate surface area is 111 Å². The molecular weight excluding hydrogens is 218 g/mol. The van der Waals surface area contributed by atoms with E-state index in [1.807, 2.05) is 0 Å². The van der Waals surface area contributed by atoms with Gasteiger partial charge in [-0.25, -0.2) is 0 Å². The van der Waals surface area contributed by atoms with E-state index >= 15 is 0 Å². The summed E-state index contributed by atoms with van der Waals surface area (Å²) in [6.45, 7) is 4.60. The van der Waals surface area contributed by atoms with Crippen molar-refractivity contribution < 1.29 is 0 Å². The third-order valence-corrected chi connectivity index (χ3v) is 5.26. The van der Waals surface area contributed by atoms with E-state index in [-0.39, 0.29) is 0 Å². The minimum atomic E-state index is 0.418. The van der Waals surface area contributed by atoms with Crippen LogP contribution in [0.15, 0.2) is 24.3 Å². The first kappa shape index (κ1) is 12.2. The van der Waals surface area contributed by atoms with Gasteiger partial charge < -0.3 is 5.73 Å². The van der Waals surface area contributed by atoms with Crippen LogP contribution < -0.4 is 5.73 Å². The van der Waals surface area contributed by atoms with Crippen molar-refractivity contribution in [1.82, 2.24) is 0 Å². The van der Waals surface area contributed by atoms with Gasteiger partial charge in [-0.15, -0.1) is 0 Å². The molecule has 0 radical (unpaired) electrons. The van der Waals surface area contributed by atoms with Gasteiger partial charge in [0.25, 0.3) is 0 Å². The van der Waals surface area contributed by atoms with Gasteiger partial charge in [-0.3, -0.25) is 0 Å². The van der Waals surface area contributed by atoms with Crippen LogP contribution in [0.3, 0.4) is 0 Å². The van der Waals surface area contributed by atoms with Crippen molar-refractivity contribution in [3.63, 3.8) is 0 Å². The Kier molecular flexibility index (Phi) is 3.19. The van der Waals surface area contributed by atoms with E-state index in [1.165, 1.54) is 25.7 Å². The molecule has 0 aliphatic heterocycles. The third-order valence-electron chi connectivity index (χ3n) is 5.26. The molecule has 2 aliphatic carbocycles. The zero-order chi connectivity index (χ0) is 12.7. The number of hydrogen-bond donors (Lipinski definition) is 1. The van der Waals surface area contributed by atoms with Crippen LogP contribution in [0.25, 0.3) is 0 Å². The van der Waals surface area contributed by atoms with Crippen molar-refractivity contribution in [2.24, 2.45) is 23.5 Å². The van der Waals surface area contributed by atoms with Crippen LogP contribution in [-0.4, -0.2) is 6.04 Å². The molecule has 1 nitrogen and oxygen atoms in total. The molecule has 1 aromatic rings. The molecule has 0 bridgehead atoms. The van der Waals surface area contributed by atoms with Gasteiger partial charge in [0.2, 0.25) is 0 Å². The number of fused-ring (bicyclic) bond motifs is 3. The summed E-state index contributed by atoms with van der Waals surface area (Å²) in [5.41, 5.74) is 9.66. The summed E-state index contributed by atoms with van der Waals surface area (Å²) in [7, 11) is 0. The molecule has 0 heterocycles. The van der Waals surface area contributed by atoms with E-state index in [2.05, 4.69) is 38.1 Å². The van der Waals surface area contributed by atoms with E-state index < -0.39 is 0 Å². The van der Waals surface area contributed by atoms with Crippen LogP contribution in [0.1, 0.15) is 50.2 Å². The fraction of sp³-hybridized carbons (Fsp3) is 0.647. The minimum absolute atomic E-state index is 0.418. The normalized spacial score (nSPS) is 32.3. The highest BCUT2D eigenvalue weighted by atomic mass is 14.7. The standard InChI is InChI=1S/C17H25N/c1-3-11(2)10-15(18)17-14-9-8-12-6-4-5-7-13(12)16(14)17/h4-7,11,14-17H,3,8-10,18H2,1-2H3. The monoisotopic (exact) mass is 243 g/mol. The average molecular weight is 243 g/mol. The first-order chi connectivity index (χ1) is 8.72. The lowest BCUT2D eigenvalue weighted by molar-refractivity contribution is 0.408. The lowest BCUT2D eigenvalue weighted by Gasteiger charge is -2.16. The molecular formula is C17H25N. The highest BCUT2D eigenvalue weighted by molar-refractivity contribution is 5.39. The number of rotatable bonds is 4. The second-order valence-corrected chi connectivity index (χ2v) is 6.42. The maximum atomic E-state index is 6.47. The zero-order valence-corrected chi connectivity index (χ0v) is 11.6. The molecule has 18 heavy (non-hydrogen) atoms. The molecule has 2 aliphatic rings. The second-order valence-electron chi connectivity index (χ2n) is 6.42. The number of aryl methyl sites for hydroxylation is 1. The number of benzene rings is 1.